The van der Waals surface area contributed by atoms with Crippen LogP contribution in [-0.4, -0.2) is 18.5 Å². The quantitative estimate of drug-likeness (QED) is 0.579. The van der Waals surface area contributed by atoms with E-state index in [1.54, 1.807) is 0 Å². The Morgan fingerprint density at radius 2 is 2.21 bits per heavy atom. The van der Waals surface area contributed by atoms with Crippen LogP contribution in [0.2, 0.25) is 0 Å². The Morgan fingerprint density at radius 1 is 1.29 bits per heavy atom. The summed E-state index contributed by atoms with van der Waals surface area (Å²) in [4.78, 5) is 11.6. The maximum absolute atomic E-state index is 11.6. The van der Waals surface area contributed by atoms with E-state index in [9.17, 15) is 4.79 Å². The van der Waals surface area contributed by atoms with Gasteiger partial charge in [0.05, 0.1) is 6.10 Å². The van der Waals surface area contributed by atoms with Gasteiger partial charge in [0.15, 0.2) is 5.78 Å². The number of Topliss-reactive ketones (excluding diaryl/α,β-unsaturated/α-hetero) is 1. The molecule has 1 heterocycles. The van der Waals surface area contributed by atoms with Crippen LogP contribution in [0.15, 0.2) is 35.5 Å². The molecule has 1 aliphatic heterocycles. The summed E-state index contributed by atoms with van der Waals surface area (Å²) in [6.07, 6.45) is 10.5. The summed E-state index contributed by atoms with van der Waals surface area (Å²) in [5.41, 5.74) is 2.15. The van der Waals surface area contributed by atoms with Crippen LogP contribution in [0.5, 0.6) is 0 Å². The molecule has 2 heteroatoms. The minimum atomic E-state index is 0.0879. The minimum Gasteiger partial charge on any atom is -0.365 e. The van der Waals surface area contributed by atoms with E-state index in [4.69, 9.17) is 4.74 Å². The molecule has 0 aromatic carbocycles. The molecule has 0 aromatic heterocycles. The van der Waals surface area contributed by atoms with Gasteiger partial charge in [-0.25, -0.2) is 0 Å². The molecule has 2 aliphatic carbocycles. The minimum absolute atomic E-state index is 0.0879. The first-order valence-corrected chi connectivity index (χ1v) is 5.10. The second-order valence-corrected chi connectivity index (χ2v) is 4.02. The maximum atomic E-state index is 11.6. The standard InChI is InChI=1S/C12H12O2/c13-10-7-14-11-6-5-8-3-1-2-4-9(8)12(10)11/h1-4,8,11H,5-7H2. The third kappa shape index (κ3) is 1.04. The summed E-state index contributed by atoms with van der Waals surface area (Å²) in [5, 5.41) is 0. The van der Waals surface area contributed by atoms with Crippen LogP contribution in [0, 0.1) is 5.92 Å². The molecule has 14 heavy (non-hydrogen) atoms. The molecule has 72 valence electrons. The highest BCUT2D eigenvalue weighted by molar-refractivity contribution is 6.00. The fourth-order valence-electron chi connectivity index (χ4n) is 2.55. The summed E-state index contributed by atoms with van der Waals surface area (Å²) in [5.74, 6) is 0.645. The summed E-state index contributed by atoms with van der Waals surface area (Å²) in [6, 6.07) is 0. The van der Waals surface area contributed by atoms with Gasteiger partial charge in [-0.15, -0.1) is 0 Å². The average molecular weight is 188 g/mol. The maximum Gasteiger partial charge on any atom is 0.187 e. The molecular weight excluding hydrogens is 176 g/mol. The number of fused-ring (bicyclic) bond motifs is 2. The van der Waals surface area contributed by atoms with Gasteiger partial charge in [-0.3, -0.25) is 4.79 Å². The smallest absolute Gasteiger partial charge is 0.187 e. The van der Waals surface area contributed by atoms with Gasteiger partial charge in [-0.2, -0.15) is 0 Å². The molecule has 0 radical (unpaired) electrons. The van der Waals surface area contributed by atoms with Crippen LogP contribution in [0.4, 0.5) is 0 Å². The molecule has 2 atom stereocenters. The number of allylic oxidation sites excluding steroid dienone is 5. The number of rotatable bonds is 0. The molecule has 0 saturated carbocycles. The van der Waals surface area contributed by atoms with E-state index in [2.05, 4.69) is 18.2 Å². The van der Waals surface area contributed by atoms with E-state index in [1.165, 1.54) is 5.57 Å². The summed E-state index contributed by atoms with van der Waals surface area (Å²) >= 11 is 0. The Morgan fingerprint density at radius 3 is 3.14 bits per heavy atom. The van der Waals surface area contributed by atoms with E-state index >= 15 is 0 Å². The first kappa shape index (κ1) is 8.18. The van der Waals surface area contributed by atoms with Gasteiger partial charge < -0.3 is 4.74 Å². The summed E-state index contributed by atoms with van der Waals surface area (Å²) in [6.45, 7) is 0.285. The highest BCUT2D eigenvalue weighted by atomic mass is 16.5. The lowest BCUT2D eigenvalue weighted by Crippen LogP contribution is -2.22. The molecule has 0 aromatic rings. The van der Waals surface area contributed by atoms with Crippen molar-refractivity contribution in [2.45, 2.75) is 18.9 Å². The third-order valence-electron chi connectivity index (χ3n) is 3.22. The van der Waals surface area contributed by atoms with Crippen LogP contribution in [0.1, 0.15) is 12.8 Å². The van der Waals surface area contributed by atoms with Crippen molar-refractivity contribution in [3.63, 3.8) is 0 Å². The van der Waals surface area contributed by atoms with Gasteiger partial charge in [0.1, 0.15) is 6.61 Å². The average Bonchev–Trinajstić information content (AvgIpc) is 2.61. The fraction of sp³-hybridized carbons (Fsp3) is 0.417. The highest BCUT2D eigenvalue weighted by Crippen LogP contribution is 2.38. The van der Waals surface area contributed by atoms with Crippen LogP contribution in [-0.2, 0) is 9.53 Å². The largest absolute Gasteiger partial charge is 0.365 e. The van der Waals surface area contributed by atoms with Gasteiger partial charge in [0.2, 0.25) is 0 Å². The fourth-order valence-corrected chi connectivity index (χ4v) is 2.55. The summed E-state index contributed by atoms with van der Waals surface area (Å²) < 4.78 is 5.45. The Balaban J connectivity index is 2.12. The molecule has 0 spiro atoms. The second-order valence-electron chi connectivity index (χ2n) is 4.02. The van der Waals surface area contributed by atoms with E-state index in [1.807, 2.05) is 6.08 Å². The first-order valence-electron chi connectivity index (χ1n) is 5.10. The zero-order valence-electron chi connectivity index (χ0n) is 7.90. The van der Waals surface area contributed by atoms with Crippen molar-refractivity contribution in [2.75, 3.05) is 6.61 Å². The topological polar surface area (TPSA) is 26.3 Å². The molecule has 3 rings (SSSR count). The van der Waals surface area contributed by atoms with E-state index in [-0.39, 0.29) is 18.5 Å². The van der Waals surface area contributed by atoms with E-state index in [0.717, 1.165) is 18.4 Å². The molecule has 2 unspecified atom stereocenters. The zero-order chi connectivity index (χ0) is 9.54. The normalized spacial score (nSPS) is 34.7. The summed E-state index contributed by atoms with van der Waals surface area (Å²) in [7, 11) is 0. The van der Waals surface area contributed by atoms with Crippen LogP contribution < -0.4 is 0 Å². The molecule has 1 saturated heterocycles. The van der Waals surface area contributed by atoms with E-state index < -0.39 is 0 Å². The van der Waals surface area contributed by atoms with Crippen molar-refractivity contribution >= 4 is 5.78 Å². The number of ketones is 1. The molecular formula is C12H12O2. The van der Waals surface area contributed by atoms with Gasteiger partial charge in [0.25, 0.3) is 0 Å². The SMILES string of the molecule is O=C1COC2CCC3C=CC=CC3=C12. The number of ether oxygens (including phenoxy) is 1. The van der Waals surface area contributed by atoms with Gasteiger partial charge in [0, 0.05) is 11.5 Å². The molecule has 0 N–H and O–H groups in total. The Labute approximate surface area is 82.9 Å². The molecule has 0 bridgehead atoms. The number of carbonyl (C=O) groups is 1. The lowest BCUT2D eigenvalue weighted by molar-refractivity contribution is -0.115. The lowest BCUT2D eigenvalue weighted by Gasteiger charge is -2.27. The highest BCUT2D eigenvalue weighted by Gasteiger charge is 2.37. The molecule has 1 fully saturated rings. The molecule has 0 amide bonds. The Hall–Kier alpha value is -1.15. The van der Waals surface area contributed by atoms with Crippen molar-refractivity contribution < 1.29 is 9.53 Å². The van der Waals surface area contributed by atoms with Crippen molar-refractivity contribution in [3.05, 3.63) is 35.5 Å². The Bertz CT molecular complexity index is 374. The van der Waals surface area contributed by atoms with Gasteiger partial charge in [-0.1, -0.05) is 24.3 Å². The van der Waals surface area contributed by atoms with Gasteiger partial charge in [-0.05, 0) is 18.4 Å². The second kappa shape index (κ2) is 2.92. The predicted octanol–water partition coefficient (Wildman–Crippen LogP) is 1.79. The first-order chi connectivity index (χ1) is 6.86. The van der Waals surface area contributed by atoms with Crippen LogP contribution in [0.25, 0.3) is 0 Å². The van der Waals surface area contributed by atoms with Crippen LogP contribution in [0.3, 0.4) is 0 Å². The number of carbonyl (C=O) groups excluding carboxylic acids is 1. The number of hydrogen-bond donors (Lipinski definition) is 0. The van der Waals surface area contributed by atoms with Gasteiger partial charge >= 0.3 is 0 Å². The van der Waals surface area contributed by atoms with Crippen molar-refractivity contribution in [1.29, 1.82) is 0 Å². The lowest BCUT2D eigenvalue weighted by atomic mass is 9.79. The molecule has 2 nitrogen and oxygen atoms in total. The predicted molar refractivity (Wildman–Crippen MR) is 52.8 cm³/mol. The third-order valence-corrected chi connectivity index (χ3v) is 3.22. The van der Waals surface area contributed by atoms with Crippen molar-refractivity contribution in [3.8, 4) is 0 Å². The van der Waals surface area contributed by atoms with Crippen LogP contribution >= 0.6 is 0 Å². The zero-order valence-corrected chi connectivity index (χ0v) is 7.90. The monoisotopic (exact) mass is 188 g/mol. The Kier molecular flexibility index (Phi) is 1.71. The van der Waals surface area contributed by atoms with Crippen molar-refractivity contribution in [1.82, 2.24) is 0 Å². The number of hydrogen-bond acceptors (Lipinski definition) is 2. The van der Waals surface area contributed by atoms with Crippen molar-refractivity contribution in [2.24, 2.45) is 5.92 Å². The molecule has 3 aliphatic rings. The van der Waals surface area contributed by atoms with E-state index in [0.29, 0.717) is 5.92 Å².